The van der Waals surface area contributed by atoms with Crippen LogP contribution in [-0.4, -0.2) is 26.2 Å². The minimum Gasteiger partial charge on any atom is -0.396 e. The first-order valence-electron chi connectivity index (χ1n) is 5.89. The zero-order valence-electron chi connectivity index (χ0n) is 11.2. The van der Waals surface area contributed by atoms with Gasteiger partial charge in [-0.3, -0.25) is 0 Å². The molecule has 108 valence electrons. The molecular formula is C12H19FN2O3S. The van der Waals surface area contributed by atoms with Crippen LogP contribution in [0.1, 0.15) is 24.5 Å². The molecule has 0 radical (unpaired) electrons. The first kappa shape index (κ1) is 15.9. The number of rotatable bonds is 5. The molecule has 4 N–H and O–H groups in total. The van der Waals surface area contributed by atoms with Crippen molar-refractivity contribution in [3.8, 4) is 0 Å². The van der Waals surface area contributed by atoms with Crippen molar-refractivity contribution in [1.29, 1.82) is 0 Å². The summed E-state index contributed by atoms with van der Waals surface area (Å²) in [5, 5.41) is 8.79. The predicted octanol–water partition coefficient (Wildman–Crippen LogP) is 1.07. The van der Waals surface area contributed by atoms with Gasteiger partial charge in [0.25, 0.3) is 0 Å². The van der Waals surface area contributed by atoms with Crippen LogP contribution in [0, 0.1) is 19.7 Å². The van der Waals surface area contributed by atoms with E-state index in [9.17, 15) is 12.8 Å². The van der Waals surface area contributed by atoms with Crippen molar-refractivity contribution in [2.24, 2.45) is 0 Å². The molecule has 5 nitrogen and oxygen atoms in total. The lowest BCUT2D eigenvalue weighted by Crippen LogP contribution is -2.34. The minimum atomic E-state index is -3.79. The smallest absolute Gasteiger partial charge is 0.241 e. The molecule has 7 heteroatoms. The van der Waals surface area contributed by atoms with E-state index in [0.717, 1.165) is 6.07 Å². The number of nitrogens with one attached hydrogen (secondary N) is 1. The molecule has 0 aliphatic carbocycles. The molecule has 19 heavy (non-hydrogen) atoms. The van der Waals surface area contributed by atoms with E-state index in [2.05, 4.69) is 4.72 Å². The number of aliphatic hydroxyl groups excluding tert-OH is 1. The first-order chi connectivity index (χ1) is 8.70. The molecular weight excluding hydrogens is 271 g/mol. The third-order valence-corrected chi connectivity index (χ3v) is 4.77. The zero-order valence-corrected chi connectivity index (χ0v) is 12.0. The van der Waals surface area contributed by atoms with Crippen LogP contribution in [0.5, 0.6) is 0 Å². The molecule has 0 saturated carbocycles. The first-order valence-corrected chi connectivity index (χ1v) is 7.37. The molecule has 1 rings (SSSR count). The number of nitrogens with two attached hydrogens (primary N) is 1. The van der Waals surface area contributed by atoms with Gasteiger partial charge in [0.15, 0.2) is 0 Å². The molecule has 1 aromatic rings. The molecule has 0 aliphatic heterocycles. The molecule has 0 fully saturated rings. The van der Waals surface area contributed by atoms with E-state index in [4.69, 9.17) is 10.8 Å². The Bertz CT molecular complexity index is 573. The second-order valence-electron chi connectivity index (χ2n) is 4.58. The van der Waals surface area contributed by atoms with E-state index < -0.39 is 21.9 Å². The molecule has 0 heterocycles. The number of anilines is 1. The Morgan fingerprint density at radius 1 is 1.47 bits per heavy atom. The highest BCUT2D eigenvalue weighted by Crippen LogP contribution is 2.27. The van der Waals surface area contributed by atoms with Crippen molar-refractivity contribution in [2.45, 2.75) is 38.1 Å². The molecule has 0 amide bonds. The van der Waals surface area contributed by atoms with Crippen molar-refractivity contribution in [2.75, 3.05) is 12.3 Å². The number of nitrogen functional groups attached to an aromatic ring is 1. The summed E-state index contributed by atoms with van der Waals surface area (Å²) in [6, 6.07) is 0.688. The van der Waals surface area contributed by atoms with Crippen LogP contribution in [0.4, 0.5) is 10.1 Å². The van der Waals surface area contributed by atoms with E-state index in [-0.39, 0.29) is 22.8 Å². The van der Waals surface area contributed by atoms with E-state index in [1.165, 1.54) is 13.8 Å². The van der Waals surface area contributed by atoms with Gasteiger partial charge in [-0.1, -0.05) is 0 Å². The molecule has 1 atom stereocenters. The molecule has 0 bridgehead atoms. The highest BCUT2D eigenvalue weighted by molar-refractivity contribution is 7.89. The summed E-state index contributed by atoms with van der Waals surface area (Å²) in [5.41, 5.74) is 5.86. The van der Waals surface area contributed by atoms with E-state index in [1.807, 2.05) is 0 Å². The van der Waals surface area contributed by atoms with Crippen molar-refractivity contribution >= 4 is 15.7 Å². The quantitative estimate of drug-likeness (QED) is 0.707. The molecule has 1 aromatic carbocycles. The standard InChI is InChI=1S/C12H19FN2O3S/c1-7-6-10(13)11(14)9(3)12(7)19(17,18)15-8(2)4-5-16/h6,8,15-16H,4-5,14H2,1-3H3. The van der Waals surface area contributed by atoms with Crippen molar-refractivity contribution in [3.05, 3.63) is 23.0 Å². The van der Waals surface area contributed by atoms with Gasteiger partial charge in [-0.2, -0.15) is 0 Å². The summed E-state index contributed by atoms with van der Waals surface area (Å²) in [5.74, 6) is -0.627. The van der Waals surface area contributed by atoms with Crippen LogP contribution in [0.3, 0.4) is 0 Å². The largest absolute Gasteiger partial charge is 0.396 e. The third kappa shape index (κ3) is 3.43. The number of aliphatic hydroxyl groups is 1. The Balaban J connectivity index is 3.26. The van der Waals surface area contributed by atoms with Gasteiger partial charge >= 0.3 is 0 Å². The Kier molecular flexibility index (Phi) is 4.89. The number of hydrogen-bond acceptors (Lipinski definition) is 4. The maximum atomic E-state index is 13.4. The summed E-state index contributed by atoms with van der Waals surface area (Å²) in [6.07, 6.45) is 0.300. The summed E-state index contributed by atoms with van der Waals surface area (Å²) < 4.78 is 40.4. The summed E-state index contributed by atoms with van der Waals surface area (Å²) in [7, 11) is -3.79. The predicted molar refractivity (Wildman–Crippen MR) is 71.8 cm³/mol. The zero-order chi connectivity index (χ0) is 14.8. The Morgan fingerprint density at radius 2 is 2.05 bits per heavy atom. The molecule has 0 aromatic heterocycles. The number of sulfonamides is 1. The lowest BCUT2D eigenvalue weighted by atomic mass is 10.1. The van der Waals surface area contributed by atoms with Gasteiger partial charge in [0, 0.05) is 12.6 Å². The monoisotopic (exact) mass is 290 g/mol. The van der Waals surface area contributed by atoms with Gasteiger partial charge in [-0.25, -0.2) is 17.5 Å². The van der Waals surface area contributed by atoms with Gasteiger partial charge in [0.05, 0.1) is 10.6 Å². The van der Waals surface area contributed by atoms with Crippen LogP contribution in [0.15, 0.2) is 11.0 Å². The van der Waals surface area contributed by atoms with E-state index >= 15 is 0 Å². The van der Waals surface area contributed by atoms with Gasteiger partial charge in [-0.15, -0.1) is 0 Å². The second-order valence-corrected chi connectivity index (χ2v) is 6.23. The van der Waals surface area contributed by atoms with Crippen LogP contribution in [-0.2, 0) is 10.0 Å². The summed E-state index contributed by atoms with van der Waals surface area (Å²) in [6.45, 7) is 4.51. The fourth-order valence-electron chi connectivity index (χ4n) is 1.92. The fourth-order valence-corrected chi connectivity index (χ4v) is 3.68. The lowest BCUT2D eigenvalue weighted by Gasteiger charge is -2.17. The molecule has 0 spiro atoms. The van der Waals surface area contributed by atoms with Crippen LogP contribution in [0.2, 0.25) is 0 Å². The summed E-state index contributed by atoms with van der Waals surface area (Å²) in [4.78, 5) is -0.00353. The maximum absolute atomic E-state index is 13.4. The van der Waals surface area contributed by atoms with Gasteiger partial charge in [-0.05, 0) is 44.4 Å². The number of aryl methyl sites for hydroxylation is 1. The van der Waals surface area contributed by atoms with Gasteiger partial charge in [0.1, 0.15) is 5.82 Å². The fraction of sp³-hybridized carbons (Fsp3) is 0.500. The second kappa shape index (κ2) is 5.85. The van der Waals surface area contributed by atoms with E-state index in [1.54, 1.807) is 6.92 Å². The molecule has 1 unspecified atom stereocenters. The van der Waals surface area contributed by atoms with Crippen LogP contribution >= 0.6 is 0 Å². The maximum Gasteiger partial charge on any atom is 0.241 e. The number of hydrogen-bond donors (Lipinski definition) is 3. The Hall–Kier alpha value is -1.18. The highest BCUT2D eigenvalue weighted by Gasteiger charge is 2.24. The SMILES string of the molecule is Cc1cc(F)c(N)c(C)c1S(=O)(=O)NC(C)CCO. The number of benzene rings is 1. The topological polar surface area (TPSA) is 92.4 Å². The average Bonchev–Trinajstić information content (AvgIpc) is 2.24. The van der Waals surface area contributed by atoms with Crippen molar-refractivity contribution in [3.63, 3.8) is 0 Å². The van der Waals surface area contributed by atoms with Crippen molar-refractivity contribution in [1.82, 2.24) is 4.72 Å². The van der Waals surface area contributed by atoms with Crippen LogP contribution in [0.25, 0.3) is 0 Å². The van der Waals surface area contributed by atoms with Gasteiger partial charge < -0.3 is 10.8 Å². The Morgan fingerprint density at radius 3 is 2.58 bits per heavy atom. The average molecular weight is 290 g/mol. The number of halogens is 1. The molecule has 0 aliphatic rings. The minimum absolute atomic E-state index is 0.00353. The van der Waals surface area contributed by atoms with Gasteiger partial charge in [0.2, 0.25) is 10.0 Å². The summed E-state index contributed by atoms with van der Waals surface area (Å²) >= 11 is 0. The highest BCUT2D eigenvalue weighted by atomic mass is 32.2. The van der Waals surface area contributed by atoms with Crippen LogP contribution < -0.4 is 10.5 Å². The Labute approximate surface area is 112 Å². The van der Waals surface area contributed by atoms with Crippen molar-refractivity contribution < 1.29 is 17.9 Å². The lowest BCUT2D eigenvalue weighted by molar-refractivity contribution is 0.275. The van der Waals surface area contributed by atoms with E-state index in [0.29, 0.717) is 12.0 Å². The third-order valence-electron chi connectivity index (χ3n) is 2.89. The normalized spacial score (nSPS) is 13.5. The molecule has 0 saturated heterocycles.